The molecule has 0 aliphatic rings. The molecule has 0 atom stereocenters. The molecular formula is C12H9NOS. The van der Waals surface area contributed by atoms with Gasteiger partial charge in [-0.2, -0.15) is 0 Å². The Kier molecular flexibility index (Phi) is 1.70. The fourth-order valence-electron chi connectivity index (χ4n) is 1.87. The van der Waals surface area contributed by atoms with E-state index in [2.05, 4.69) is 17.1 Å². The minimum atomic E-state index is -0.0000463. The molecule has 0 bridgehead atoms. The van der Waals surface area contributed by atoms with Gasteiger partial charge in [0.1, 0.15) is 4.83 Å². The Labute approximate surface area is 90.2 Å². The highest BCUT2D eigenvalue weighted by atomic mass is 32.1. The maximum Gasteiger partial charge on any atom is 0.256 e. The summed E-state index contributed by atoms with van der Waals surface area (Å²) in [7, 11) is 0. The minimum absolute atomic E-state index is 0.0000463. The molecule has 2 heterocycles. The van der Waals surface area contributed by atoms with Gasteiger partial charge in [0.15, 0.2) is 0 Å². The van der Waals surface area contributed by atoms with E-state index in [1.807, 2.05) is 24.4 Å². The third kappa shape index (κ3) is 1.20. The number of hydrogen-bond donors (Lipinski definition) is 1. The van der Waals surface area contributed by atoms with Gasteiger partial charge in [0, 0.05) is 10.8 Å². The van der Waals surface area contributed by atoms with Crippen molar-refractivity contribution in [3.63, 3.8) is 0 Å². The summed E-state index contributed by atoms with van der Waals surface area (Å²) in [5.41, 5.74) is 1.18. The van der Waals surface area contributed by atoms with Crippen molar-refractivity contribution >= 4 is 32.3 Å². The zero-order chi connectivity index (χ0) is 10.4. The van der Waals surface area contributed by atoms with Crippen molar-refractivity contribution in [2.24, 2.45) is 0 Å². The Morgan fingerprint density at radius 1 is 1.13 bits per heavy atom. The number of nitrogens with one attached hydrogen (secondary N) is 1. The highest BCUT2D eigenvalue weighted by Gasteiger charge is 2.05. The summed E-state index contributed by atoms with van der Waals surface area (Å²) in [5, 5.41) is 4.96. The van der Waals surface area contributed by atoms with E-state index in [0.29, 0.717) is 0 Å². The minimum Gasteiger partial charge on any atom is -0.313 e. The van der Waals surface area contributed by atoms with Crippen LogP contribution in [0.3, 0.4) is 0 Å². The standard InChI is InChI=1S/C12H9NOS/c1-7-2-3-8-10(6-7)9-4-5-15-12(9)13-11(8)14/h2-6H,1H3,(H,13,14). The van der Waals surface area contributed by atoms with E-state index in [9.17, 15) is 4.79 Å². The first-order valence-corrected chi connectivity index (χ1v) is 5.63. The van der Waals surface area contributed by atoms with Gasteiger partial charge in [0.2, 0.25) is 0 Å². The summed E-state index contributed by atoms with van der Waals surface area (Å²) < 4.78 is 0. The van der Waals surface area contributed by atoms with Crippen LogP contribution < -0.4 is 5.56 Å². The maximum absolute atomic E-state index is 11.8. The summed E-state index contributed by atoms with van der Waals surface area (Å²) in [6.07, 6.45) is 0. The number of thiophene rings is 1. The molecule has 3 aromatic rings. The molecule has 0 radical (unpaired) electrons. The molecule has 2 aromatic heterocycles. The second kappa shape index (κ2) is 2.94. The van der Waals surface area contributed by atoms with Gasteiger partial charge >= 0.3 is 0 Å². The van der Waals surface area contributed by atoms with Crippen LogP contribution in [0.2, 0.25) is 0 Å². The molecule has 0 unspecified atom stereocenters. The second-order valence-electron chi connectivity index (χ2n) is 3.67. The molecule has 15 heavy (non-hydrogen) atoms. The van der Waals surface area contributed by atoms with Crippen LogP contribution in [0.15, 0.2) is 34.4 Å². The van der Waals surface area contributed by atoms with Crippen LogP contribution in [0.4, 0.5) is 0 Å². The summed E-state index contributed by atoms with van der Waals surface area (Å²) in [4.78, 5) is 15.6. The molecule has 3 rings (SSSR count). The fraction of sp³-hybridized carbons (Fsp3) is 0.0833. The zero-order valence-corrected chi connectivity index (χ0v) is 9.02. The molecule has 1 N–H and O–H groups in total. The summed E-state index contributed by atoms with van der Waals surface area (Å²) >= 11 is 1.57. The first-order valence-electron chi connectivity index (χ1n) is 4.75. The number of fused-ring (bicyclic) bond motifs is 3. The van der Waals surface area contributed by atoms with Crippen molar-refractivity contribution < 1.29 is 0 Å². The maximum atomic E-state index is 11.8. The molecule has 2 nitrogen and oxygen atoms in total. The van der Waals surface area contributed by atoms with Crippen LogP contribution in [0.1, 0.15) is 5.56 Å². The molecule has 1 aromatic carbocycles. The Morgan fingerprint density at radius 3 is 2.87 bits per heavy atom. The number of aromatic nitrogens is 1. The molecule has 0 amide bonds. The normalized spacial score (nSPS) is 11.3. The molecule has 0 aliphatic heterocycles. The zero-order valence-electron chi connectivity index (χ0n) is 8.20. The predicted octanol–water partition coefficient (Wildman–Crippen LogP) is 3.05. The summed E-state index contributed by atoms with van der Waals surface area (Å²) in [6, 6.07) is 7.98. The van der Waals surface area contributed by atoms with Crippen LogP contribution in [0, 0.1) is 6.92 Å². The first kappa shape index (κ1) is 8.68. The van der Waals surface area contributed by atoms with Crippen molar-refractivity contribution in [3.8, 4) is 0 Å². The van der Waals surface area contributed by atoms with Gasteiger partial charge in [0.05, 0.1) is 0 Å². The Bertz CT molecular complexity index is 708. The van der Waals surface area contributed by atoms with E-state index in [1.54, 1.807) is 11.3 Å². The first-order chi connectivity index (χ1) is 7.25. The number of H-pyrrole nitrogens is 1. The lowest BCUT2D eigenvalue weighted by atomic mass is 10.1. The van der Waals surface area contributed by atoms with Crippen molar-refractivity contribution in [2.45, 2.75) is 6.92 Å². The molecule has 74 valence electrons. The van der Waals surface area contributed by atoms with E-state index in [0.717, 1.165) is 21.0 Å². The molecule has 0 saturated heterocycles. The van der Waals surface area contributed by atoms with Crippen molar-refractivity contribution in [2.75, 3.05) is 0 Å². The van der Waals surface area contributed by atoms with E-state index in [4.69, 9.17) is 0 Å². The number of benzene rings is 1. The SMILES string of the molecule is Cc1ccc2c(=O)[nH]c3sccc3c2c1. The lowest BCUT2D eigenvalue weighted by Gasteiger charge is -2.00. The number of pyridine rings is 1. The van der Waals surface area contributed by atoms with E-state index < -0.39 is 0 Å². The lowest BCUT2D eigenvalue weighted by Crippen LogP contribution is -2.04. The Hall–Kier alpha value is -1.61. The molecule has 0 saturated carbocycles. The van der Waals surface area contributed by atoms with Crippen molar-refractivity contribution in [1.29, 1.82) is 0 Å². The monoisotopic (exact) mass is 215 g/mol. The van der Waals surface area contributed by atoms with Crippen LogP contribution in [-0.2, 0) is 0 Å². The second-order valence-corrected chi connectivity index (χ2v) is 4.58. The van der Waals surface area contributed by atoms with E-state index in [1.165, 1.54) is 5.56 Å². The van der Waals surface area contributed by atoms with Gasteiger partial charge in [-0.15, -0.1) is 11.3 Å². The molecule has 0 fully saturated rings. The smallest absolute Gasteiger partial charge is 0.256 e. The Morgan fingerprint density at radius 2 is 2.00 bits per heavy atom. The third-order valence-corrected chi connectivity index (χ3v) is 3.43. The highest BCUT2D eigenvalue weighted by Crippen LogP contribution is 2.25. The third-order valence-electron chi connectivity index (χ3n) is 2.60. The van der Waals surface area contributed by atoms with Crippen LogP contribution >= 0.6 is 11.3 Å². The topological polar surface area (TPSA) is 32.9 Å². The average Bonchev–Trinajstić information content (AvgIpc) is 2.65. The van der Waals surface area contributed by atoms with Gasteiger partial charge in [-0.3, -0.25) is 4.79 Å². The van der Waals surface area contributed by atoms with Gasteiger partial charge in [-0.05, 0) is 29.8 Å². The van der Waals surface area contributed by atoms with Crippen molar-refractivity contribution in [3.05, 3.63) is 45.6 Å². The van der Waals surface area contributed by atoms with Crippen LogP contribution in [-0.4, -0.2) is 4.98 Å². The number of hydrogen-bond acceptors (Lipinski definition) is 2. The van der Waals surface area contributed by atoms with Gasteiger partial charge in [-0.1, -0.05) is 17.7 Å². The lowest BCUT2D eigenvalue weighted by molar-refractivity contribution is 1.36. The molecule has 0 aliphatic carbocycles. The number of aryl methyl sites for hydroxylation is 1. The van der Waals surface area contributed by atoms with Crippen LogP contribution in [0.5, 0.6) is 0 Å². The fourth-order valence-corrected chi connectivity index (χ4v) is 2.66. The number of rotatable bonds is 0. The van der Waals surface area contributed by atoms with Gasteiger partial charge in [-0.25, -0.2) is 0 Å². The van der Waals surface area contributed by atoms with Crippen molar-refractivity contribution in [1.82, 2.24) is 4.98 Å². The predicted molar refractivity (Wildman–Crippen MR) is 64.7 cm³/mol. The quantitative estimate of drug-likeness (QED) is 0.614. The van der Waals surface area contributed by atoms with E-state index in [-0.39, 0.29) is 5.56 Å². The summed E-state index contributed by atoms with van der Waals surface area (Å²) in [6.45, 7) is 2.04. The Balaban J connectivity index is 2.69. The molecule has 0 spiro atoms. The molecular weight excluding hydrogens is 206 g/mol. The van der Waals surface area contributed by atoms with Crippen LogP contribution in [0.25, 0.3) is 21.0 Å². The van der Waals surface area contributed by atoms with Gasteiger partial charge in [0.25, 0.3) is 5.56 Å². The summed E-state index contributed by atoms with van der Waals surface area (Å²) in [5.74, 6) is 0. The largest absolute Gasteiger partial charge is 0.313 e. The average molecular weight is 215 g/mol. The highest BCUT2D eigenvalue weighted by molar-refractivity contribution is 7.16. The molecule has 3 heteroatoms. The van der Waals surface area contributed by atoms with E-state index >= 15 is 0 Å². The number of aromatic amines is 1. The van der Waals surface area contributed by atoms with Gasteiger partial charge < -0.3 is 4.98 Å².